The van der Waals surface area contributed by atoms with Gasteiger partial charge in [0.2, 0.25) is 5.91 Å². The Balaban J connectivity index is 2.15. The number of nitro benzene ring substituents is 1. The summed E-state index contributed by atoms with van der Waals surface area (Å²) in [6.45, 7) is 1.44. The van der Waals surface area contributed by atoms with Crippen LogP contribution in [0, 0.1) is 10.1 Å². The number of nitro groups is 1. The Kier molecular flexibility index (Phi) is 6.20. The highest BCUT2D eigenvalue weighted by molar-refractivity contribution is 8.00. The maximum absolute atomic E-state index is 12.7. The Labute approximate surface area is 155 Å². The van der Waals surface area contributed by atoms with Crippen LogP contribution >= 0.6 is 11.8 Å². The number of halogens is 3. The molecule has 8 nitrogen and oxygen atoms in total. The third-order valence-electron chi connectivity index (χ3n) is 3.23. The normalized spacial score (nSPS) is 12.3. The summed E-state index contributed by atoms with van der Waals surface area (Å²) in [4.78, 5) is 29.6. The Morgan fingerprint density at radius 3 is 2.67 bits per heavy atom. The van der Waals surface area contributed by atoms with Crippen LogP contribution in [-0.2, 0) is 11.0 Å². The van der Waals surface area contributed by atoms with Gasteiger partial charge < -0.3 is 10.1 Å². The lowest BCUT2D eigenvalue weighted by atomic mass is 10.2. The lowest BCUT2D eigenvalue weighted by Gasteiger charge is -2.14. The van der Waals surface area contributed by atoms with E-state index in [-0.39, 0.29) is 22.3 Å². The molecule has 0 spiro atoms. The summed E-state index contributed by atoms with van der Waals surface area (Å²) < 4.78 is 43.1. The van der Waals surface area contributed by atoms with E-state index in [1.165, 1.54) is 26.2 Å². The number of carbonyl (C=O) groups excluding carboxylic acids is 1. The van der Waals surface area contributed by atoms with Crippen LogP contribution in [0.5, 0.6) is 5.75 Å². The molecule has 1 N–H and O–H groups in total. The maximum atomic E-state index is 12.7. The van der Waals surface area contributed by atoms with Gasteiger partial charge in [-0.1, -0.05) is 11.8 Å². The molecule has 12 heteroatoms. The average Bonchev–Trinajstić information content (AvgIpc) is 2.61. The lowest BCUT2D eigenvalue weighted by molar-refractivity contribution is -0.384. The molecule has 1 aromatic carbocycles. The van der Waals surface area contributed by atoms with E-state index in [9.17, 15) is 28.1 Å². The second kappa shape index (κ2) is 8.20. The first-order chi connectivity index (χ1) is 12.6. The quantitative estimate of drug-likeness (QED) is 0.341. The number of rotatable bonds is 6. The van der Waals surface area contributed by atoms with Gasteiger partial charge in [0, 0.05) is 18.3 Å². The predicted molar refractivity (Wildman–Crippen MR) is 90.6 cm³/mol. The molecular weight excluding hydrogens is 389 g/mol. The number of anilines is 1. The molecular formula is C15H13F3N4O4S. The number of amides is 1. The number of nitrogens with one attached hydrogen (secondary N) is 1. The first-order valence-electron chi connectivity index (χ1n) is 7.32. The number of non-ortho nitro benzene ring substituents is 1. The van der Waals surface area contributed by atoms with Crippen molar-refractivity contribution in [3.8, 4) is 5.75 Å². The van der Waals surface area contributed by atoms with Gasteiger partial charge in [0.1, 0.15) is 11.4 Å². The van der Waals surface area contributed by atoms with Gasteiger partial charge in [0.25, 0.3) is 5.69 Å². The van der Waals surface area contributed by atoms with Crippen molar-refractivity contribution in [3.63, 3.8) is 0 Å². The van der Waals surface area contributed by atoms with Crippen LogP contribution in [0.3, 0.4) is 0 Å². The van der Waals surface area contributed by atoms with Crippen LogP contribution in [0.2, 0.25) is 0 Å². The zero-order valence-corrected chi connectivity index (χ0v) is 14.8. The van der Waals surface area contributed by atoms with Crippen LogP contribution in [0.4, 0.5) is 24.5 Å². The fourth-order valence-corrected chi connectivity index (χ4v) is 2.66. The Bertz CT molecular complexity index is 863. The van der Waals surface area contributed by atoms with Crippen LogP contribution in [0.25, 0.3) is 0 Å². The van der Waals surface area contributed by atoms with E-state index in [0.717, 1.165) is 18.3 Å². The Hall–Kier alpha value is -2.89. The number of ether oxygens (including phenoxy) is 1. The van der Waals surface area contributed by atoms with Crippen molar-refractivity contribution in [1.29, 1.82) is 0 Å². The number of aromatic nitrogens is 2. The van der Waals surface area contributed by atoms with E-state index in [0.29, 0.717) is 11.8 Å². The molecule has 1 atom stereocenters. The molecule has 0 aliphatic heterocycles. The van der Waals surface area contributed by atoms with Crippen LogP contribution in [-0.4, -0.2) is 33.2 Å². The van der Waals surface area contributed by atoms with Gasteiger partial charge in [0.15, 0.2) is 5.16 Å². The van der Waals surface area contributed by atoms with E-state index in [4.69, 9.17) is 4.74 Å². The first kappa shape index (κ1) is 20.4. The second-order valence-electron chi connectivity index (χ2n) is 5.11. The molecule has 0 aliphatic rings. The molecule has 27 heavy (non-hydrogen) atoms. The number of hydrogen-bond acceptors (Lipinski definition) is 7. The van der Waals surface area contributed by atoms with Crippen molar-refractivity contribution in [1.82, 2.24) is 9.97 Å². The lowest BCUT2D eigenvalue weighted by Crippen LogP contribution is -2.23. The van der Waals surface area contributed by atoms with Crippen molar-refractivity contribution >= 4 is 29.0 Å². The SMILES string of the molecule is COc1ccc([N+](=O)[O-])cc1NC(=O)[C@H](C)Sc1nccc(C(F)(F)F)n1. The summed E-state index contributed by atoms with van der Waals surface area (Å²) in [5.74, 6) is -0.415. The monoisotopic (exact) mass is 402 g/mol. The van der Waals surface area contributed by atoms with Crippen molar-refractivity contribution in [2.75, 3.05) is 12.4 Å². The second-order valence-corrected chi connectivity index (χ2v) is 6.42. The van der Waals surface area contributed by atoms with Crippen molar-refractivity contribution in [2.24, 2.45) is 0 Å². The standard InChI is InChI=1S/C15H13F3N4O4S/c1-8(27-14-19-6-5-12(21-14)15(16,17)18)13(23)20-10-7-9(22(24)25)3-4-11(10)26-2/h3-8H,1-2H3,(H,20,23)/t8-/m0/s1. The summed E-state index contributed by atoms with van der Waals surface area (Å²) in [6.07, 6.45) is -3.67. The number of carbonyl (C=O) groups is 1. The third kappa shape index (κ3) is 5.29. The summed E-state index contributed by atoms with van der Waals surface area (Å²) in [7, 11) is 1.32. The summed E-state index contributed by atoms with van der Waals surface area (Å²) in [6, 6.07) is 4.38. The van der Waals surface area contributed by atoms with Gasteiger partial charge in [0.05, 0.1) is 23.0 Å². The summed E-state index contributed by atoms with van der Waals surface area (Å²) >= 11 is 0.716. The highest BCUT2D eigenvalue weighted by atomic mass is 32.2. The van der Waals surface area contributed by atoms with Gasteiger partial charge >= 0.3 is 6.18 Å². The molecule has 0 saturated heterocycles. The van der Waals surface area contributed by atoms with Crippen LogP contribution in [0.1, 0.15) is 12.6 Å². The molecule has 0 radical (unpaired) electrons. The molecule has 0 saturated carbocycles. The molecule has 144 valence electrons. The number of benzene rings is 1. The number of hydrogen-bond donors (Lipinski definition) is 1. The minimum absolute atomic E-state index is 0.0640. The molecule has 1 aromatic heterocycles. The fraction of sp³-hybridized carbons (Fsp3) is 0.267. The third-order valence-corrected chi connectivity index (χ3v) is 4.20. The van der Waals surface area contributed by atoms with Crippen LogP contribution in [0.15, 0.2) is 35.6 Å². The number of alkyl halides is 3. The Morgan fingerprint density at radius 2 is 2.07 bits per heavy atom. The smallest absolute Gasteiger partial charge is 0.433 e. The molecule has 1 amide bonds. The van der Waals surface area contributed by atoms with E-state index in [1.54, 1.807) is 0 Å². The molecule has 0 aliphatic carbocycles. The van der Waals surface area contributed by atoms with Gasteiger partial charge in [-0.05, 0) is 19.1 Å². The first-order valence-corrected chi connectivity index (χ1v) is 8.20. The maximum Gasteiger partial charge on any atom is 0.433 e. The summed E-state index contributed by atoms with van der Waals surface area (Å²) in [5, 5.41) is 12.2. The topological polar surface area (TPSA) is 107 Å². The predicted octanol–water partition coefficient (Wildman–Crippen LogP) is 3.53. The van der Waals surface area contributed by atoms with Crippen molar-refractivity contribution < 1.29 is 27.6 Å². The van der Waals surface area contributed by atoms with Gasteiger partial charge in [-0.25, -0.2) is 9.97 Å². The largest absolute Gasteiger partial charge is 0.495 e. The van der Waals surface area contributed by atoms with Crippen LogP contribution < -0.4 is 10.1 Å². The minimum atomic E-state index is -4.62. The number of methoxy groups -OCH3 is 1. The zero-order valence-electron chi connectivity index (χ0n) is 14.0. The van der Waals surface area contributed by atoms with Crippen molar-refractivity contribution in [2.45, 2.75) is 23.5 Å². The van der Waals surface area contributed by atoms with Gasteiger partial charge in [-0.3, -0.25) is 14.9 Å². The molecule has 0 unspecified atom stereocenters. The van der Waals surface area contributed by atoms with E-state index < -0.39 is 28.0 Å². The van der Waals surface area contributed by atoms with E-state index in [2.05, 4.69) is 15.3 Å². The molecule has 0 bridgehead atoms. The molecule has 2 rings (SSSR count). The Morgan fingerprint density at radius 1 is 1.37 bits per heavy atom. The summed E-state index contributed by atoms with van der Waals surface area (Å²) in [5.41, 5.74) is -1.31. The average molecular weight is 402 g/mol. The van der Waals surface area contributed by atoms with Crippen molar-refractivity contribution in [3.05, 3.63) is 46.3 Å². The fourth-order valence-electron chi connectivity index (χ4n) is 1.91. The minimum Gasteiger partial charge on any atom is -0.495 e. The zero-order chi connectivity index (χ0) is 20.2. The van der Waals surface area contributed by atoms with Gasteiger partial charge in [-0.2, -0.15) is 13.2 Å². The highest BCUT2D eigenvalue weighted by Crippen LogP contribution is 2.31. The molecule has 2 aromatic rings. The molecule has 0 fully saturated rings. The number of nitrogens with zero attached hydrogens (tertiary/aromatic N) is 3. The van der Waals surface area contributed by atoms with Gasteiger partial charge in [-0.15, -0.1) is 0 Å². The van der Waals surface area contributed by atoms with E-state index >= 15 is 0 Å². The molecule has 1 heterocycles. The highest BCUT2D eigenvalue weighted by Gasteiger charge is 2.33. The number of thioether (sulfide) groups is 1. The van der Waals surface area contributed by atoms with E-state index in [1.807, 2.05) is 0 Å².